The van der Waals surface area contributed by atoms with Crippen molar-refractivity contribution in [3.63, 3.8) is 0 Å². The van der Waals surface area contributed by atoms with Gasteiger partial charge in [0.05, 0.1) is 12.4 Å². The molecule has 0 fully saturated rings. The number of hydrogen-bond acceptors (Lipinski definition) is 6. The van der Waals surface area contributed by atoms with Crippen molar-refractivity contribution in [1.29, 1.82) is 0 Å². The molecule has 0 aromatic carbocycles. The minimum absolute atomic E-state index is 0.0218. The normalized spacial score (nSPS) is 17.8. The van der Waals surface area contributed by atoms with Crippen LogP contribution in [0.15, 0.2) is 18.7 Å². The summed E-state index contributed by atoms with van der Waals surface area (Å²) in [5.41, 5.74) is 0. The van der Waals surface area contributed by atoms with Gasteiger partial charge < -0.3 is 9.47 Å². The Labute approximate surface area is 132 Å². The molecule has 0 radical (unpaired) electrons. The van der Waals surface area contributed by atoms with Crippen molar-refractivity contribution in [1.82, 2.24) is 34.7 Å². The van der Waals surface area contributed by atoms with E-state index in [2.05, 4.69) is 26.8 Å². The third-order valence-corrected chi connectivity index (χ3v) is 4.45. The zero-order valence-corrected chi connectivity index (χ0v) is 13.3. The van der Waals surface area contributed by atoms with Crippen LogP contribution in [0.5, 0.6) is 0 Å². The van der Waals surface area contributed by atoms with Crippen LogP contribution >= 0.6 is 11.8 Å². The number of nitrogens with zero attached hydrogens (tertiary/aromatic N) is 7. The largest absolute Gasteiger partial charge is 0.337 e. The van der Waals surface area contributed by atoms with E-state index in [0.29, 0.717) is 6.54 Å². The highest BCUT2D eigenvalue weighted by molar-refractivity contribution is 7.98. The minimum Gasteiger partial charge on any atom is -0.337 e. The van der Waals surface area contributed by atoms with Gasteiger partial charge in [0.25, 0.3) is 0 Å². The summed E-state index contributed by atoms with van der Waals surface area (Å²) in [7, 11) is 0. The molecule has 1 aliphatic heterocycles. The summed E-state index contributed by atoms with van der Waals surface area (Å²) >= 11 is 1.77. The van der Waals surface area contributed by atoms with E-state index in [-0.39, 0.29) is 18.5 Å². The fourth-order valence-electron chi connectivity index (χ4n) is 2.73. The number of thioether (sulfide) groups is 1. The first-order valence-electron chi connectivity index (χ1n) is 7.30. The molecular formula is C13H19N7OS. The van der Waals surface area contributed by atoms with Crippen LogP contribution in [0.4, 0.5) is 0 Å². The third kappa shape index (κ3) is 3.13. The third-order valence-electron chi connectivity index (χ3n) is 3.81. The van der Waals surface area contributed by atoms with Gasteiger partial charge >= 0.3 is 0 Å². The van der Waals surface area contributed by atoms with Crippen LogP contribution in [0.2, 0.25) is 0 Å². The molecule has 0 saturated carbocycles. The van der Waals surface area contributed by atoms with Crippen LogP contribution in [0.3, 0.4) is 0 Å². The Kier molecular flexibility index (Phi) is 4.71. The van der Waals surface area contributed by atoms with Crippen molar-refractivity contribution < 1.29 is 4.79 Å². The lowest BCUT2D eigenvalue weighted by Gasteiger charge is -2.34. The van der Waals surface area contributed by atoms with Crippen molar-refractivity contribution in [3.05, 3.63) is 24.5 Å². The fourth-order valence-corrected chi connectivity index (χ4v) is 3.19. The maximum atomic E-state index is 12.4. The standard InChI is InChI=1S/C13H19N7OS/c1-22-8-3-11-13-15-16-17-20(13)9-12(21)19(11)6-2-5-18-7-4-14-10-18/h4,7,10-11H,2-3,5-6,8-9H2,1H3. The molecule has 2 aromatic heterocycles. The number of imidazole rings is 1. The van der Waals surface area contributed by atoms with E-state index in [9.17, 15) is 4.79 Å². The molecule has 0 aliphatic carbocycles. The number of hydrogen-bond donors (Lipinski definition) is 0. The molecule has 9 heteroatoms. The monoisotopic (exact) mass is 321 g/mol. The minimum atomic E-state index is -0.0218. The summed E-state index contributed by atoms with van der Waals surface area (Å²) < 4.78 is 3.65. The van der Waals surface area contributed by atoms with Gasteiger partial charge in [-0.25, -0.2) is 9.67 Å². The Morgan fingerprint density at radius 2 is 2.32 bits per heavy atom. The van der Waals surface area contributed by atoms with E-state index < -0.39 is 0 Å². The molecule has 2 aromatic rings. The first kappa shape index (κ1) is 15.0. The maximum Gasteiger partial charge on any atom is 0.245 e. The first-order valence-corrected chi connectivity index (χ1v) is 8.69. The van der Waals surface area contributed by atoms with E-state index >= 15 is 0 Å². The topological polar surface area (TPSA) is 81.7 Å². The van der Waals surface area contributed by atoms with Gasteiger partial charge in [-0.2, -0.15) is 11.8 Å². The summed E-state index contributed by atoms with van der Waals surface area (Å²) in [5.74, 6) is 1.87. The highest BCUT2D eigenvalue weighted by Crippen LogP contribution is 2.27. The Hall–Kier alpha value is -1.90. The zero-order chi connectivity index (χ0) is 15.4. The molecule has 1 aliphatic rings. The number of tetrazole rings is 1. The molecule has 3 heterocycles. The van der Waals surface area contributed by atoms with Gasteiger partial charge in [0, 0.05) is 25.5 Å². The second kappa shape index (κ2) is 6.91. The Morgan fingerprint density at radius 1 is 1.41 bits per heavy atom. The lowest BCUT2D eigenvalue weighted by molar-refractivity contribution is -0.137. The van der Waals surface area contributed by atoms with Crippen LogP contribution in [-0.4, -0.2) is 59.1 Å². The smallest absolute Gasteiger partial charge is 0.245 e. The molecular weight excluding hydrogens is 302 g/mol. The molecule has 0 N–H and O–H groups in total. The number of carbonyl (C=O) groups is 1. The lowest BCUT2D eigenvalue weighted by atomic mass is 10.1. The van der Waals surface area contributed by atoms with Crippen LogP contribution in [0.25, 0.3) is 0 Å². The maximum absolute atomic E-state index is 12.4. The second-order valence-electron chi connectivity index (χ2n) is 5.23. The zero-order valence-electron chi connectivity index (χ0n) is 12.5. The number of fused-ring (bicyclic) bond motifs is 1. The van der Waals surface area contributed by atoms with Crippen molar-refractivity contribution in [2.75, 3.05) is 18.6 Å². The van der Waals surface area contributed by atoms with Crippen LogP contribution in [0, 0.1) is 0 Å². The summed E-state index contributed by atoms with van der Waals surface area (Å²) in [6.45, 7) is 1.80. The van der Waals surface area contributed by atoms with E-state index in [1.165, 1.54) is 0 Å². The van der Waals surface area contributed by atoms with Gasteiger partial charge in [-0.05, 0) is 35.3 Å². The Balaban J connectivity index is 1.68. The SMILES string of the molecule is CSCCC1c2nnnn2CC(=O)N1CCCn1ccnc1. The number of rotatable bonds is 7. The number of aromatic nitrogens is 6. The van der Waals surface area contributed by atoms with Gasteiger partial charge in [0.2, 0.25) is 5.91 Å². The second-order valence-corrected chi connectivity index (χ2v) is 6.22. The molecule has 118 valence electrons. The van der Waals surface area contributed by atoms with Gasteiger partial charge in [0.1, 0.15) is 6.54 Å². The fraction of sp³-hybridized carbons (Fsp3) is 0.615. The van der Waals surface area contributed by atoms with Crippen molar-refractivity contribution in [2.24, 2.45) is 0 Å². The number of carbonyl (C=O) groups excluding carboxylic acids is 1. The molecule has 0 spiro atoms. The van der Waals surface area contributed by atoms with E-state index in [0.717, 1.165) is 31.0 Å². The predicted molar refractivity (Wildman–Crippen MR) is 82.1 cm³/mol. The van der Waals surface area contributed by atoms with E-state index in [4.69, 9.17) is 0 Å². The van der Waals surface area contributed by atoms with Crippen molar-refractivity contribution in [3.8, 4) is 0 Å². The van der Waals surface area contributed by atoms with Crippen molar-refractivity contribution in [2.45, 2.75) is 32.0 Å². The molecule has 22 heavy (non-hydrogen) atoms. The molecule has 8 nitrogen and oxygen atoms in total. The number of amides is 1. The predicted octanol–water partition coefficient (Wildman–Crippen LogP) is 0.596. The molecule has 1 unspecified atom stereocenters. The summed E-state index contributed by atoms with van der Waals surface area (Å²) in [5, 5.41) is 11.7. The van der Waals surface area contributed by atoms with Crippen molar-refractivity contribution >= 4 is 17.7 Å². The average molecular weight is 321 g/mol. The molecule has 1 atom stereocenters. The van der Waals surface area contributed by atoms with Gasteiger partial charge in [-0.3, -0.25) is 4.79 Å². The first-order chi connectivity index (χ1) is 10.8. The molecule has 0 saturated heterocycles. The Bertz CT molecular complexity index is 612. The summed E-state index contributed by atoms with van der Waals surface area (Å²) in [6, 6.07) is -0.0218. The molecule has 3 rings (SSSR count). The Morgan fingerprint density at radius 3 is 3.09 bits per heavy atom. The van der Waals surface area contributed by atoms with Gasteiger partial charge in [-0.1, -0.05) is 0 Å². The number of aryl methyl sites for hydroxylation is 1. The van der Waals surface area contributed by atoms with Crippen LogP contribution < -0.4 is 0 Å². The lowest BCUT2D eigenvalue weighted by Crippen LogP contribution is -2.44. The van der Waals surface area contributed by atoms with Crippen LogP contribution in [0.1, 0.15) is 24.7 Å². The average Bonchev–Trinajstić information content (AvgIpc) is 3.17. The van der Waals surface area contributed by atoms with Gasteiger partial charge in [-0.15, -0.1) is 5.10 Å². The van der Waals surface area contributed by atoms with Gasteiger partial charge in [0.15, 0.2) is 5.82 Å². The summed E-state index contributed by atoms with van der Waals surface area (Å²) in [4.78, 5) is 18.4. The van der Waals surface area contributed by atoms with E-state index in [1.807, 2.05) is 15.7 Å². The van der Waals surface area contributed by atoms with Crippen LogP contribution in [-0.2, 0) is 17.9 Å². The molecule has 0 bridgehead atoms. The highest BCUT2D eigenvalue weighted by Gasteiger charge is 2.34. The highest BCUT2D eigenvalue weighted by atomic mass is 32.2. The quantitative estimate of drug-likeness (QED) is 0.742. The van der Waals surface area contributed by atoms with E-state index in [1.54, 1.807) is 29.0 Å². The summed E-state index contributed by atoms with van der Waals surface area (Å²) in [6.07, 6.45) is 9.32. The molecule has 1 amide bonds.